The van der Waals surface area contributed by atoms with Gasteiger partial charge in [0.2, 0.25) is 5.28 Å². The van der Waals surface area contributed by atoms with E-state index >= 15 is 0 Å². The second-order valence-electron chi connectivity index (χ2n) is 4.39. The molecule has 0 aliphatic heterocycles. The van der Waals surface area contributed by atoms with Crippen molar-refractivity contribution in [3.8, 4) is 0 Å². The van der Waals surface area contributed by atoms with Gasteiger partial charge in [-0.3, -0.25) is 0 Å². The molecular weight excluding hydrogens is 293 g/mol. The van der Waals surface area contributed by atoms with Gasteiger partial charge >= 0.3 is 0 Å². The van der Waals surface area contributed by atoms with Gasteiger partial charge in [0, 0.05) is 24.6 Å². The minimum atomic E-state index is -0.554. The van der Waals surface area contributed by atoms with Crippen LogP contribution in [0.25, 0.3) is 0 Å². The summed E-state index contributed by atoms with van der Waals surface area (Å²) in [6.45, 7) is 0.730. The molecule has 0 amide bonds. The van der Waals surface area contributed by atoms with Crippen LogP contribution in [0.5, 0.6) is 0 Å². The summed E-state index contributed by atoms with van der Waals surface area (Å²) in [7, 11) is 0. The molecule has 0 fully saturated rings. The van der Waals surface area contributed by atoms with Gasteiger partial charge in [-0.25, -0.2) is 14.4 Å². The van der Waals surface area contributed by atoms with Gasteiger partial charge in [0.05, 0.1) is 12.5 Å². The molecule has 0 saturated carbocycles. The first-order valence-electron chi connectivity index (χ1n) is 6.20. The maximum absolute atomic E-state index is 13.5. The van der Waals surface area contributed by atoms with Gasteiger partial charge < -0.3 is 9.88 Å². The zero-order valence-electron chi connectivity index (χ0n) is 10.9. The maximum atomic E-state index is 13.5. The Labute approximate surface area is 125 Å². The summed E-state index contributed by atoms with van der Waals surface area (Å²) in [6, 6.07) is 7.59. The highest BCUT2D eigenvalue weighted by Crippen LogP contribution is 2.19. The molecule has 1 aromatic carbocycles. The van der Waals surface area contributed by atoms with Crippen molar-refractivity contribution in [2.45, 2.75) is 6.54 Å². The predicted octanol–water partition coefficient (Wildman–Crippen LogP) is 3.26. The van der Waals surface area contributed by atoms with Crippen LogP contribution in [0, 0.1) is 5.82 Å². The zero-order valence-corrected chi connectivity index (χ0v) is 11.6. The molecule has 0 saturated heterocycles. The van der Waals surface area contributed by atoms with Crippen LogP contribution in [0.1, 0.15) is 5.56 Å². The number of anilines is 2. The summed E-state index contributed by atoms with van der Waals surface area (Å²) in [6.07, 6.45) is 6.41. The third-order valence-corrected chi connectivity index (χ3v) is 3.04. The molecule has 7 heteroatoms. The molecule has 3 rings (SSSR count). The van der Waals surface area contributed by atoms with Crippen LogP contribution in [-0.2, 0) is 6.54 Å². The van der Waals surface area contributed by atoms with Gasteiger partial charge in [0.15, 0.2) is 11.6 Å². The summed E-state index contributed by atoms with van der Waals surface area (Å²) in [5, 5.41) is 2.87. The van der Waals surface area contributed by atoms with Gasteiger partial charge in [-0.1, -0.05) is 12.1 Å². The first-order chi connectivity index (χ1) is 10.2. The van der Waals surface area contributed by atoms with E-state index in [0.717, 1.165) is 24.0 Å². The molecule has 0 spiro atoms. The van der Waals surface area contributed by atoms with Crippen LogP contribution in [0.3, 0.4) is 0 Å². The molecular formula is C14H11ClFN5. The Bertz CT molecular complexity index is 728. The zero-order chi connectivity index (χ0) is 14.7. The average Bonchev–Trinajstić information content (AvgIpc) is 2.98. The second kappa shape index (κ2) is 5.88. The third-order valence-electron chi connectivity index (χ3n) is 2.86. The van der Waals surface area contributed by atoms with E-state index in [1.165, 1.54) is 0 Å². The normalized spacial score (nSPS) is 10.6. The van der Waals surface area contributed by atoms with Crippen LogP contribution in [0.15, 0.2) is 49.2 Å². The molecule has 3 aromatic rings. The van der Waals surface area contributed by atoms with Crippen LogP contribution in [0.4, 0.5) is 15.9 Å². The molecule has 1 N–H and O–H groups in total. The molecule has 0 aliphatic rings. The number of imidazole rings is 1. The van der Waals surface area contributed by atoms with Crippen molar-refractivity contribution in [1.29, 1.82) is 0 Å². The van der Waals surface area contributed by atoms with E-state index in [4.69, 9.17) is 11.6 Å². The Balaban J connectivity index is 1.73. The lowest BCUT2D eigenvalue weighted by Gasteiger charge is -2.08. The largest absolute Gasteiger partial charge is 0.338 e. The van der Waals surface area contributed by atoms with Crippen LogP contribution < -0.4 is 5.32 Å². The van der Waals surface area contributed by atoms with Crippen molar-refractivity contribution in [2.75, 3.05) is 5.32 Å². The van der Waals surface area contributed by atoms with Gasteiger partial charge in [-0.05, 0) is 29.3 Å². The van der Waals surface area contributed by atoms with E-state index in [0.29, 0.717) is 0 Å². The SMILES string of the molecule is Fc1cnc(Cl)nc1Nc1ccc(Cn2ccnc2)cc1. The lowest BCUT2D eigenvalue weighted by atomic mass is 10.2. The molecule has 2 heterocycles. The highest BCUT2D eigenvalue weighted by molar-refractivity contribution is 6.28. The smallest absolute Gasteiger partial charge is 0.224 e. The first-order valence-corrected chi connectivity index (χ1v) is 6.58. The molecule has 21 heavy (non-hydrogen) atoms. The quantitative estimate of drug-likeness (QED) is 0.752. The molecule has 0 aliphatic carbocycles. The molecule has 2 aromatic heterocycles. The second-order valence-corrected chi connectivity index (χ2v) is 4.73. The number of hydrogen-bond acceptors (Lipinski definition) is 4. The average molecular weight is 304 g/mol. The molecule has 0 unspecified atom stereocenters. The van der Waals surface area contributed by atoms with Crippen LogP contribution >= 0.6 is 11.6 Å². The highest BCUT2D eigenvalue weighted by Gasteiger charge is 2.06. The van der Waals surface area contributed by atoms with Crippen molar-refractivity contribution in [2.24, 2.45) is 0 Å². The summed E-state index contributed by atoms with van der Waals surface area (Å²) in [4.78, 5) is 11.4. The lowest BCUT2D eigenvalue weighted by molar-refractivity contribution is 0.619. The number of halogens is 2. The minimum Gasteiger partial charge on any atom is -0.338 e. The summed E-state index contributed by atoms with van der Waals surface area (Å²) in [5.41, 5.74) is 1.83. The van der Waals surface area contributed by atoms with E-state index in [-0.39, 0.29) is 11.1 Å². The molecule has 0 atom stereocenters. The van der Waals surface area contributed by atoms with Gasteiger partial charge in [-0.15, -0.1) is 0 Å². The molecule has 0 radical (unpaired) electrons. The third kappa shape index (κ3) is 3.35. The fraction of sp³-hybridized carbons (Fsp3) is 0.0714. The van der Waals surface area contributed by atoms with Gasteiger partial charge in [0.25, 0.3) is 0 Å². The summed E-state index contributed by atoms with van der Waals surface area (Å²) < 4.78 is 15.5. The van der Waals surface area contributed by atoms with Crippen molar-refractivity contribution < 1.29 is 4.39 Å². The molecule has 106 valence electrons. The molecule has 0 bridgehead atoms. The highest BCUT2D eigenvalue weighted by atomic mass is 35.5. The van der Waals surface area contributed by atoms with Crippen molar-refractivity contribution in [1.82, 2.24) is 19.5 Å². The predicted molar refractivity (Wildman–Crippen MR) is 78.1 cm³/mol. The van der Waals surface area contributed by atoms with Gasteiger partial charge in [-0.2, -0.15) is 4.98 Å². The Hall–Kier alpha value is -2.47. The lowest BCUT2D eigenvalue weighted by Crippen LogP contribution is -2.00. The summed E-state index contributed by atoms with van der Waals surface area (Å²) >= 11 is 5.65. The van der Waals surface area contributed by atoms with Crippen LogP contribution in [0.2, 0.25) is 5.28 Å². The number of hydrogen-bond donors (Lipinski definition) is 1. The van der Waals surface area contributed by atoms with E-state index < -0.39 is 5.82 Å². The van der Waals surface area contributed by atoms with Crippen LogP contribution in [-0.4, -0.2) is 19.5 Å². The Morgan fingerprint density at radius 1 is 1.24 bits per heavy atom. The van der Waals surface area contributed by atoms with Crippen molar-refractivity contribution >= 4 is 23.1 Å². The topological polar surface area (TPSA) is 55.6 Å². The summed E-state index contributed by atoms with van der Waals surface area (Å²) in [5.74, 6) is -0.501. The Morgan fingerprint density at radius 2 is 2.05 bits per heavy atom. The Morgan fingerprint density at radius 3 is 2.76 bits per heavy atom. The minimum absolute atomic E-state index is 0.00405. The Kier molecular flexibility index (Phi) is 3.79. The van der Waals surface area contributed by atoms with Crippen molar-refractivity contribution in [3.05, 3.63) is 65.8 Å². The number of nitrogens with one attached hydrogen (secondary N) is 1. The fourth-order valence-corrected chi connectivity index (χ4v) is 1.99. The number of nitrogens with zero attached hydrogens (tertiary/aromatic N) is 4. The monoisotopic (exact) mass is 303 g/mol. The number of aromatic nitrogens is 4. The van der Waals surface area contributed by atoms with E-state index in [2.05, 4.69) is 20.3 Å². The number of rotatable bonds is 4. The van der Waals surface area contributed by atoms with E-state index in [9.17, 15) is 4.39 Å². The number of benzene rings is 1. The van der Waals surface area contributed by atoms with E-state index in [1.54, 1.807) is 12.5 Å². The maximum Gasteiger partial charge on any atom is 0.224 e. The van der Waals surface area contributed by atoms with E-state index in [1.807, 2.05) is 35.0 Å². The van der Waals surface area contributed by atoms with Crippen molar-refractivity contribution in [3.63, 3.8) is 0 Å². The van der Waals surface area contributed by atoms with Gasteiger partial charge in [0.1, 0.15) is 0 Å². The fourth-order valence-electron chi connectivity index (χ4n) is 1.85. The standard InChI is InChI=1S/C14H11ClFN5/c15-14-18-7-12(16)13(20-14)19-11-3-1-10(2-4-11)8-21-6-5-17-9-21/h1-7,9H,8H2,(H,18,19,20). The first kappa shape index (κ1) is 13.5. The molecule has 5 nitrogen and oxygen atoms in total.